The standard InChI is InChI=1S/C11H12O4S/c1-16(14,15)10-6-2-4-9(8-10)5-3-7-11(12)13/h2-4,6-8H,5H2,1H3,(H,12,13)/b7-3+. The van der Waals surface area contributed by atoms with E-state index in [1.807, 2.05) is 0 Å². The summed E-state index contributed by atoms with van der Waals surface area (Å²) in [6.07, 6.45) is 4.05. The van der Waals surface area contributed by atoms with E-state index in [1.54, 1.807) is 18.2 Å². The van der Waals surface area contributed by atoms with Gasteiger partial charge in [-0.1, -0.05) is 18.2 Å². The molecule has 86 valence electrons. The number of aliphatic carboxylic acids is 1. The fourth-order valence-electron chi connectivity index (χ4n) is 1.20. The Kier molecular flexibility index (Phi) is 3.84. The zero-order chi connectivity index (χ0) is 12.2. The molecule has 0 aromatic heterocycles. The lowest BCUT2D eigenvalue weighted by molar-refractivity contribution is -0.131. The van der Waals surface area contributed by atoms with Crippen LogP contribution in [0.15, 0.2) is 41.3 Å². The van der Waals surface area contributed by atoms with Crippen LogP contribution in [0.1, 0.15) is 5.56 Å². The van der Waals surface area contributed by atoms with Gasteiger partial charge in [0.1, 0.15) is 0 Å². The molecule has 0 aliphatic heterocycles. The second kappa shape index (κ2) is 4.94. The Morgan fingerprint density at radius 1 is 1.44 bits per heavy atom. The van der Waals surface area contributed by atoms with Gasteiger partial charge in [-0.3, -0.25) is 0 Å². The first-order valence-corrected chi connectivity index (χ1v) is 6.47. The molecule has 1 rings (SSSR count). The molecule has 0 saturated carbocycles. The van der Waals surface area contributed by atoms with E-state index >= 15 is 0 Å². The van der Waals surface area contributed by atoms with Crippen molar-refractivity contribution in [2.24, 2.45) is 0 Å². The lowest BCUT2D eigenvalue weighted by Crippen LogP contribution is -1.97. The Bertz CT molecular complexity index is 515. The van der Waals surface area contributed by atoms with E-state index in [9.17, 15) is 13.2 Å². The van der Waals surface area contributed by atoms with Crippen molar-refractivity contribution in [3.05, 3.63) is 42.0 Å². The van der Waals surface area contributed by atoms with Gasteiger partial charge in [0.15, 0.2) is 9.84 Å². The number of allylic oxidation sites excluding steroid dienone is 1. The summed E-state index contributed by atoms with van der Waals surface area (Å²) < 4.78 is 22.5. The van der Waals surface area contributed by atoms with Gasteiger partial charge >= 0.3 is 5.97 Å². The minimum Gasteiger partial charge on any atom is -0.478 e. The van der Waals surface area contributed by atoms with Crippen LogP contribution >= 0.6 is 0 Å². The van der Waals surface area contributed by atoms with Crippen LogP contribution in [0, 0.1) is 0 Å². The normalized spacial score (nSPS) is 11.8. The highest BCUT2D eigenvalue weighted by Gasteiger charge is 2.06. The highest BCUT2D eigenvalue weighted by Crippen LogP contribution is 2.11. The lowest BCUT2D eigenvalue weighted by Gasteiger charge is -2.00. The molecular weight excluding hydrogens is 228 g/mol. The first-order valence-electron chi connectivity index (χ1n) is 4.58. The molecule has 1 aromatic rings. The molecule has 0 amide bonds. The molecule has 0 atom stereocenters. The minimum atomic E-state index is -3.21. The molecule has 0 saturated heterocycles. The summed E-state index contributed by atoms with van der Waals surface area (Å²) >= 11 is 0. The number of carboxylic acids is 1. The average Bonchev–Trinajstić information content (AvgIpc) is 2.16. The van der Waals surface area contributed by atoms with Crippen molar-refractivity contribution >= 4 is 15.8 Å². The van der Waals surface area contributed by atoms with Crippen LogP contribution in [-0.2, 0) is 21.1 Å². The molecule has 0 aliphatic rings. The van der Waals surface area contributed by atoms with Gasteiger partial charge in [-0.2, -0.15) is 0 Å². The summed E-state index contributed by atoms with van der Waals surface area (Å²) in [4.78, 5) is 10.5. The third kappa shape index (κ3) is 3.86. The van der Waals surface area contributed by atoms with E-state index in [0.717, 1.165) is 17.9 Å². The van der Waals surface area contributed by atoms with Crippen molar-refractivity contribution in [3.8, 4) is 0 Å². The highest BCUT2D eigenvalue weighted by atomic mass is 32.2. The molecule has 16 heavy (non-hydrogen) atoms. The molecule has 4 nitrogen and oxygen atoms in total. The minimum absolute atomic E-state index is 0.244. The number of sulfone groups is 1. The molecule has 0 fully saturated rings. The van der Waals surface area contributed by atoms with Gasteiger partial charge < -0.3 is 5.11 Å². The number of benzene rings is 1. The Balaban J connectivity index is 2.88. The molecule has 0 unspecified atom stereocenters. The van der Waals surface area contributed by atoms with E-state index in [1.165, 1.54) is 12.1 Å². The van der Waals surface area contributed by atoms with Crippen molar-refractivity contribution in [1.82, 2.24) is 0 Å². The van der Waals surface area contributed by atoms with E-state index < -0.39 is 15.8 Å². The molecule has 0 bridgehead atoms. The van der Waals surface area contributed by atoms with Gasteiger partial charge in [0.2, 0.25) is 0 Å². The number of rotatable bonds is 4. The quantitative estimate of drug-likeness (QED) is 0.804. The van der Waals surface area contributed by atoms with Gasteiger partial charge in [-0.05, 0) is 24.1 Å². The molecule has 5 heteroatoms. The van der Waals surface area contributed by atoms with Crippen molar-refractivity contribution in [1.29, 1.82) is 0 Å². The largest absolute Gasteiger partial charge is 0.478 e. The monoisotopic (exact) mass is 240 g/mol. The first kappa shape index (κ1) is 12.4. The van der Waals surface area contributed by atoms with Crippen molar-refractivity contribution < 1.29 is 18.3 Å². The molecule has 1 N–H and O–H groups in total. The highest BCUT2D eigenvalue weighted by molar-refractivity contribution is 7.90. The molecule has 0 spiro atoms. The summed E-state index contributed by atoms with van der Waals surface area (Å²) in [5.41, 5.74) is 0.764. The van der Waals surface area contributed by atoms with E-state index in [4.69, 9.17) is 5.11 Å². The third-order valence-electron chi connectivity index (χ3n) is 1.94. The van der Waals surface area contributed by atoms with Crippen molar-refractivity contribution in [3.63, 3.8) is 0 Å². The predicted molar refractivity (Wildman–Crippen MR) is 60.0 cm³/mol. The maximum atomic E-state index is 11.3. The van der Waals surface area contributed by atoms with Crippen LogP contribution in [-0.4, -0.2) is 25.7 Å². The fourth-order valence-corrected chi connectivity index (χ4v) is 1.89. The van der Waals surface area contributed by atoms with Crippen LogP contribution in [0.2, 0.25) is 0 Å². The second-order valence-electron chi connectivity index (χ2n) is 3.36. The Morgan fingerprint density at radius 3 is 2.69 bits per heavy atom. The first-order chi connectivity index (χ1) is 7.39. The zero-order valence-electron chi connectivity index (χ0n) is 8.75. The third-order valence-corrected chi connectivity index (χ3v) is 3.05. The smallest absolute Gasteiger partial charge is 0.327 e. The van der Waals surface area contributed by atoms with E-state index in [-0.39, 0.29) is 4.90 Å². The maximum Gasteiger partial charge on any atom is 0.327 e. The van der Waals surface area contributed by atoms with Crippen LogP contribution in [0.3, 0.4) is 0 Å². The number of hydrogen-bond donors (Lipinski definition) is 1. The van der Waals surface area contributed by atoms with Crippen LogP contribution in [0.4, 0.5) is 0 Å². The van der Waals surface area contributed by atoms with Gasteiger partial charge in [-0.25, -0.2) is 13.2 Å². The second-order valence-corrected chi connectivity index (χ2v) is 5.38. The number of carboxylic acid groups (broad SMARTS) is 1. The van der Waals surface area contributed by atoms with Crippen LogP contribution in [0.5, 0.6) is 0 Å². The summed E-state index contributed by atoms with van der Waals surface area (Å²) in [5.74, 6) is -1.01. The summed E-state index contributed by atoms with van der Waals surface area (Å²) in [5, 5.41) is 8.39. The molecular formula is C11H12O4S. The molecule has 1 aromatic carbocycles. The van der Waals surface area contributed by atoms with Crippen LogP contribution < -0.4 is 0 Å². The fraction of sp³-hybridized carbons (Fsp3) is 0.182. The van der Waals surface area contributed by atoms with Gasteiger partial charge in [0, 0.05) is 12.3 Å². The summed E-state index contributed by atoms with van der Waals surface area (Å²) in [6, 6.07) is 6.45. The Hall–Kier alpha value is -1.62. The van der Waals surface area contributed by atoms with Crippen molar-refractivity contribution in [2.45, 2.75) is 11.3 Å². The average molecular weight is 240 g/mol. The SMILES string of the molecule is CS(=O)(=O)c1cccc(C/C=C/C(=O)O)c1. The Labute approximate surface area is 94.1 Å². The number of carbonyl (C=O) groups is 1. The lowest BCUT2D eigenvalue weighted by atomic mass is 10.1. The molecule has 0 heterocycles. The van der Waals surface area contributed by atoms with Gasteiger partial charge in [0.05, 0.1) is 4.90 Å². The van der Waals surface area contributed by atoms with Gasteiger partial charge in [-0.15, -0.1) is 0 Å². The Morgan fingerprint density at radius 2 is 2.12 bits per heavy atom. The predicted octanol–water partition coefficient (Wildman–Crippen LogP) is 1.27. The van der Waals surface area contributed by atoms with Crippen LogP contribution in [0.25, 0.3) is 0 Å². The van der Waals surface area contributed by atoms with E-state index in [2.05, 4.69) is 0 Å². The van der Waals surface area contributed by atoms with Crippen molar-refractivity contribution in [2.75, 3.05) is 6.26 Å². The summed E-state index contributed by atoms with van der Waals surface area (Å²) in [7, 11) is -3.21. The molecule has 0 aliphatic carbocycles. The van der Waals surface area contributed by atoms with Gasteiger partial charge in [0.25, 0.3) is 0 Å². The zero-order valence-corrected chi connectivity index (χ0v) is 9.57. The van der Waals surface area contributed by atoms with E-state index in [0.29, 0.717) is 6.42 Å². The number of hydrogen-bond acceptors (Lipinski definition) is 3. The summed E-state index contributed by atoms with van der Waals surface area (Å²) in [6.45, 7) is 0. The topological polar surface area (TPSA) is 71.4 Å². The molecule has 0 radical (unpaired) electrons. The maximum absolute atomic E-state index is 11.3.